The van der Waals surface area contributed by atoms with Gasteiger partial charge in [-0.05, 0) is 30.2 Å². The highest BCUT2D eigenvalue weighted by molar-refractivity contribution is 6.06. The first-order valence-electron chi connectivity index (χ1n) is 8.47. The Labute approximate surface area is 150 Å². The van der Waals surface area contributed by atoms with E-state index in [-0.39, 0.29) is 5.91 Å². The van der Waals surface area contributed by atoms with Crippen molar-refractivity contribution in [1.82, 2.24) is 14.5 Å². The van der Waals surface area contributed by atoms with Gasteiger partial charge >= 0.3 is 0 Å². The summed E-state index contributed by atoms with van der Waals surface area (Å²) in [6.45, 7) is 2.28. The molecular formula is C20H19N5O. The van der Waals surface area contributed by atoms with Crippen LogP contribution in [-0.2, 0) is 17.8 Å². The van der Waals surface area contributed by atoms with Gasteiger partial charge in [-0.25, -0.2) is 9.97 Å². The number of nitrogen functional groups attached to an aromatic ring is 1. The number of anilines is 2. The number of nitrogens with one attached hydrogen (secondary N) is 1. The van der Waals surface area contributed by atoms with Crippen LogP contribution in [0, 0.1) is 0 Å². The fourth-order valence-corrected chi connectivity index (χ4v) is 3.18. The predicted octanol–water partition coefficient (Wildman–Crippen LogP) is 3.37. The number of hydrogen-bond donors (Lipinski definition) is 2. The molecule has 0 atom stereocenters. The van der Waals surface area contributed by atoms with E-state index >= 15 is 0 Å². The molecule has 0 spiro atoms. The predicted molar refractivity (Wildman–Crippen MR) is 104 cm³/mol. The third-order valence-corrected chi connectivity index (χ3v) is 4.40. The van der Waals surface area contributed by atoms with Crippen LogP contribution in [0.1, 0.15) is 12.5 Å². The molecule has 0 fully saturated rings. The molecule has 1 amide bonds. The molecule has 4 aromatic rings. The molecule has 0 aliphatic heterocycles. The number of nitrogens with two attached hydrogens (primary N) is 1. The molecule has 6 heteroatoms. The highest BCUT2D eigenvalue weighted by atomic mass is 16.1. The number of aromatic nitrogens is 3. The minimum Gasteiger partial charge on any atom is -0.382 e. The number of rotatable bonds is 4. The molecule has 26 heavy (non-hydrogen) atoms. The molecule has 4 rings (SSSR count). The summed E-state index contributed by atoms with van der Waals surface area (Å²) in [4.78, 5) is 20.0. The molecule has 0 saturated heterocycles. The van der Waals surface area contributed by atoms with E-state index in [9.17, 15) is 4.79 Å². The van der Waals surface area contributed by atoms with Crippen LogP contribution in [-0.4, -0.2) is 20.4 Å². The van der Waals surface area contributed by atoms with Crippen LogP contribution in [0.2, 0.25) is 0 Å². The standard InChI is InChI=1S/C20H19N5O/c1-13(26)23-15-8-6-14(7-9-15)10-11-25-12-22-18-19(25)16-4-2-3-5-17(16)24-20(18)21/h2-9,12H,10-11H2,1H3,(H2,21,24)(H,23,26). The number of imidazole rings is 1. The van der Waals surface area contributed by atoms with Crippen molar-refractivity contribution in [1.29, 1.82) is 0 Å². The van der Waals surface area contributed by atoms with Crippen LogP contribution in [0.25, 0.3) is 21.9 Å². The summed E-state index contributed by atoms with van der Waals surface area (Å²) < 4.78 is 2.12. The average Bonchev–Trinajstić information content (AvgIpc) is 3.06. The summed E-state index contributed by atoms with van der Waals surface area (Å²) in [5.74, 6) is 0.387. The van der Waals surface area contributed by atoms with Gasteiger partial charge in [-0.3, -0.25) is 4.79 Å². The fourth-order valence-electron chi connectivity index (χ4n) is 3.18. The Morgan fingerprint density at radius 3 is 2.69 bits per heavy atom. The summed E-state index contributed by atoms with van der Waals surface area (Å²) in [5.41, 5.74) is 10.7. The Kier molecular flexibility index (Phi) is 4.01. The molecule has 0 unspecified atom stereocenters. The van der Waals surface area contributed by atoms with E-state index in [1.54, 1.807) is 0 Å². The van der Waals surface area contributed by atoms with Crippen molar-refractivity contribution in [3.05, 3.63) is 60.4 Å². The van der Waals surface area contributed by atoms with Crippen molar-refractivity contribution in [3.8, 4) is 0 Å². The molecule has 3 N–H and O–H groups in total. The van der Waals surface area contributed by atoms with Gasteiger partial charge in [-0.15, -0.1) is 0 Å². The Morgan fingerprint density at radius 2 is 1.92 bits per heavy atom. The maximum atomic E-state index is 11.1. The summed E-state index contributed by atoms with van der Waals surface area (Å²) in [6, 6.07) is 15.8. The number of aryl methyl sites for hydroxylation is 2. The lowest BCUT2D eigenvalue weighted by Crippen LogP contribution is -2.06. The number of pyridine rings is 1. The zero-order valence-electron chi connectivity index (χ0n) is 14.4. The van der Waals surface area contributed by atoms with Crippen LogP contribution >= 0.6 is 0 Å². The molecule has 0 saturated carbocycles. The first kappa shape index (κ1) is 16.1. The van der Waals surface area contributed by atoms with Gasteiger partial charge in [0.05, 0.1) is 17.4 Å². The minimum atomic E-state index is -0.0688. The number of nitrogens with zero attached hydrogens (tertiary/aromatic N) is 3. The van der Waals surface area contributed by atoms with E-state index in [1.807, 2.05) is 54.9 Å². The van der Waals surface area contributed by atoms with E-state index in [0.29, 0.717) is 5.82 Å². The van der Waals surface area contributed by atoms with E-state index in [4.69, 9.17) is 5.73 Å². The van der Waals surface area contributed by atoms with Crippen molar-refractivity contribution in [3.63, 3.8) is 0 Å². The molecule has 0 aliphatic carbocycles. The molecule has 2 aromatic heterocycles. The molecule has 130 valence electrons. The number of carbonyl (C=O) groups excluding carboxylic acids is 1. The van der Waals surface area contributed by atoms with Crippen molar-refractivity contribution in [2.75, 3.05) is 11.1 Å². The second-order valence-corrected chi connectivity index (χ2v) is 6.28. The van der Waals surface area contributed by atoms with Gasteiger partial charge in [0.25, 0.3) is 0 Å². The third kappa shape index (κ3) is 2.97. The zero-order chi connectivity index (χ0) is 18.1. The minimum absolute atomic E-state index is 0.0688. The summed E-state index contributed by atoms with van der Waals surface area (Å²) >= 11 is 0. The summed E-state index contributed by atoms with van der Waals surface area (Å²) in [7, 11) is 0. The van der Waals surface area contributed by atoms with Gasteiger partial charge < -0.3 is 15.6 Å². The Bertz CT molecular complexity index is 1100. The van der Waals surface area contributed by atoms with Gasteiger partial charge in [-0.1, -0.05) is 30.3 Å². The van der Waals surface area contributed by atoms with Crippen molar-refractivity contribution >= 4 is 39.3 Å². The highest BCUT2D eigenvalue weighted by Crippen LogP contribution is 2.27. The van der Waals surface area contributed by atoms with E-state index in [2.05, 4.69) is 19.9 Å². The third-order valence-electron chi connectivity index (χ3n) is 4.40. The fraction of sp³-hybridized carbons (Fsp3) is 0.150. The van der Waals surface area contributed by atoms with Crippen molar-refractivity contribution in [2.45, 2.75) is 19.9 Å². The zero-order valence-corrected chi connectivity index (χ0v) is 14.4. The lowest BCUT2D eigenvalue weighted by atomic mass is 10.1. The number of carbonyl (C=O) groups is 1. The number of amides is 1. The lowest BCUT2D eigenvalue weighted by molar-refractivity contribution is -0.114. The first-order chi connectivity index (χ1) is 12.6. The summed E-state index contributed by atoms with van der Waals surface area (Å²) in [6.07, 6.45) is 2.67. The highest BCUT2D eigenvalue weighted by Gasteiger charge is 2.12. The monoisotopic (exact) mass is 345 g/mol. The molecule has 0 aliphatic rings. The SMILES string of the molecule is CC(=O)Nc1ccc(CCn2cnc3c(N)nc4ccccc4c32)cc1. The van der Waals surface area contributed by atoms with Gasteiger partial charge in [0.15, 0.2) is 5.82 Å². The second kappa shape index (κ2) is 6.48. The Hall–Kier alpha value is -3.41. The molecule has 2 heterocycles. The van der Waals surface area contributed by atoms with Gasteiger partial charge in [0.1, 0.15) is 5.52 Å². The number of fused-ring (bicyclic) bond motifs is 3. The molecule has 0 radical (unpaired) electrons. The normalized spacial score (nSPS) is 11.1. The first-order valence-corrected chi connectivity index (χ1v) is 8.47. The lowest BCUT2D eigenvalue weighted by Gasteiger charge is -2.08. The Balaban J connectivity index is 1.62. The van der Waals surface area contributed by atoms with Crippen LogP contribution in [0.15, 0.2) is 54.9 Å². The smallest absolute Gasteiger partial charge is 0.221 e. The average molecular weight is 345 g/mol. The van der Waals surface area contributed by atoms with E-state index in [1.165, 1.54) is 12.5 Å². The maximum absolute atomic E-state index is 11.1. The maximum Gasteiger partial charge on any atom is 0.221 e. The topological polar surface area (TPSA) is 85.8 Å². The van der Waals surface area contributed by atoms with Gasteiger partial charge in [0.2, 0.25) is 5.91 Å². The number of para-hydroxylation sites is 1. The molecule has 2 aromatic carbocycles. The largest absolute Gasteiger partial charge is 0.382 e. The summed E-state index contributed by atoms with van der Waals surface area (Å²) in [5, 5.41) is 3.83. The second-order valence-electron chi connectivity index (χ2n) is 6.28. The molecule has 0 bridgehead atoms. The van der Waals surface area contributed by atoms with Gasteiger partial charge in [0, 0.05) is 24.5 Å². The van der Waals surface area contributed by atoms with Crippen LogP contribution in [0.5, 0.6) is 0 Å². The van der Waals surface area contributed by atoms with Gasteiger partial charge in [-0.2, -0.15) is 0 Å². The van der Waals surface area contributed by atoms with Crippen molar-refractivity contribution < 1.29 is 4.79 Å². The number of hydrogen-bond acceptors (Lipinski definition) is 4. The number of benzene rings is 2. The van der Waals surface area contributed by atoms with E-state index < -0.39 is 0 Å². The van der Waals surface area contributed by atoms with E-state index in [0.717, 1.165) is 40.6 Å². The molecule has 6 nitrogen and oxygen atoms in total. The quantitative estimate of drug-likeness (QED) is 0.594. The van der Waals surface area contributed by atoms with Crippen molar-refractivity contribution in [2.24, 2.45) is 0 Å². The Morgan fingerprint density at radius 1 is 1.15 bits per heavy atom. The van der Waals surface area contributed by atoms with Crippen LogP contribution in [0.3, 0.4) is 0 Å². The van der Waals surface area contributed by atoms with Crippen LogP contribution in [0.4, 0.5) is 11.5 Å². The van der Waals surface area contributed by atoms with Crippen LogP contribution < -0.4 is 11.1 Å². The molecular weight excluding hydrogens is 326 g/mol.